The second-order valence-electron chi connectivity index (χ2n) is 5.80. The highest BCUT2D eigenvalue weighted by Gasteiger charge is 2.22. The largest absolute Gasteiger partial charge is 0.463 e. The highest BCUT2D eigenvalue weighted by molar-refractivity contribution is 8.00. The second-order valence-corrected chi connectivity index (χ2v) is 6.98. The fourth-order valence-electron chi connectivity index (χ4n) is 2.24. The molecule has 0 heterocycles. The average Bonchev–Trinajstić information content (AvgIpc) is 2.60. The molecule has 2 aromatic carbocycles. The molecule has 0 aliphatic rings. The van der Waals surface area contributed by atoms with E-state index < -0.39 is 0 Å². The van der Waals surface area contributed by atoms with Crippen LogP contribution in [0, 0.1) is 0 Å². The van der Waals surface area contributed by atoms with Gasteiger partial charge in [0.05, 0.1) is 12.5 Å². The van der Waals surface area contributed by atoms with Crippen molar-refractivity contribution in [3.63, 3.8) is 0 Å². The Morgan fingerprint density at radius 3 is 2.20 bits per heavy atom. The minimum absolute atomic E-state index is 0.114. The van der Waals surface area contributed by atoms with E-state index in [0.29, 0.717) is 0 Å². The molecule has 0 fully saturated rings. The van der Waals surface area contributed by atoms with E-state index in [2.05, 4.69) is 5.32 Å². The van der Waals surface area contributed by atoms with Crippen molar-refractivity contribution in [3.05, 3.63) is 66.2 Å². The van der Waals surface area contributed by atoms with Crippen LogP contribution in [0.4, 0.5) is 0 Å². The summed E-state index contributed by atoms with van der Waals surface area (Å²) in [6.07, 6.45) is 0.0236. The summed E-state index contributed by atoms with van der Waals surface area (Å²) in [6, 6.07) is 19.4. The van der Waals surface area contributed by atoms with Gasteiger partial charge >= 0.3 is 5.97 Å². The number of ether oxygens (including phenoxy) is 1. The normalized spacial score (nSPS) is 11.8. The van der Waals surface area contributed by atoms with Gasteiger partial charge in [0.1, 0.15) is 5.25 Å². The SMILES string of the molecule is CC(C)OC(=O)CCNC(=O)C(Sc1ccccc1)c1ccccc1. The number of esters is 1. The molecule has 132 valence electrons. The van der Waals surface area contributed by atoms with Crippen molar-refractivity contribution in [1.82, 2.24) is 5.32 Å². The Morgan fingerprint density at radius 1 is 1.00 bits per heavy atom. The van der Waals surface area contributed by atoms with Crippen LogP contribution >= 0.6 is 11.8 Å². The van der Waals surface area contributed by atoms with Gasteiger partial charge in [-0.1, -0.05) is 48.5 Å². The molecular weight excluding hydrogens is 334 g/mol. The molecule has 0 aliphatic carbocycles. The zero-order valence-electron chi connectivity index (χ0n) is 14.5. The van der Waals surface area contributed by atoms with E-state index in [1.54, 1.807) is 13.8 Å². The van der Waals surface area contributed by atoms with Crippen molar-refractivity contribution in [1.29, 1.82) is 0 Å². The van der Waals surface area contributed by atoms with Crippen LogP contribution in [0.25, 0.3) is 0 Å². The summed E-state index contributed by atoms with van der Waals surface area (Å²) in [5.41, 5.74) is 0.929. The van der Waals surface area contributed by atoms with E-state index in [-0.39, 0.29) is 36.2 Å². The third kappa shape index (κ3) is 6.63. The van der Waals surface area contributed by atoms with Crippen molar-refractivity contribution in [3.8, 4) is 0 Å². The Kier molecular flexibility index (Phi) is 7.54. The first-order chi connectivity index (χ1) is 12.1. The molecule has 0 radical (unpaired) electrons. The first kappa shape index (κ1) is 19.1. The van der Waals surface area contributed by atoms with Crippen molar-refractivity contribution in [2.24, 2.45) is 0 Å². The lowest BCUT2D eigenvalue weighted by Gasteiger charge is -2.17. The van der Waals surface area contributed by atoms with Gasteiger partial charge in [-0.3, -0.25) is 9.59 Å². The highest BCUT2D eigenvalue weighted by atomic mass is 32.2. The van der Waals surface area contributed by atoms with Gasteiger partial charge in [0, 0.05) is 11.4 Å². The predicted octanol–water partition coefficient (Wildman–Crippen LogP) is 3.98. The van der Waals surface area contributed by atoms with Gasteiger partial charge in [0.25, 0.3) is 0 Å². The van der Waals surface area contributed by atoms with Gasteiger partial charge < -0.3 is 10.1 Å². The molecule has 0 bridgehead atoms. The monoisotopic (exact) mass is 357 g/mol. The van der Waals surface area contributed by atoms with E-state index in [1.165, 1.54) is 11.8 Å². The fourth-order valence-corrected chi connectivity index (χ4v) is 3.31. The van der Waals surface area contributed by atoms with Gasteiger partial charge in [-0.05, 0) is 31.5 Å². The third-order valence-electron chi connectivity index (χ3n) is 3.33. The topological polar surface area (TPSA) is 55.4 Å². The number of carbonyl (C=O) groups excluding carboxylic acids is 2. The number of carbonyl (C=O) groups is 2. The van der Waals surface area contributed by atoms with Crippen LogP contribution in [-0.4, -0.2) is 24.5 Å². The summed E-state index contributed by atoms with van der Waals surface area (Å²) in [5, 5.41) is 2.47. The predicted molar refractivity (Wildman–Crippen MR) is 100 cm³/mol. The second kappa shape index (κ2) is 9.89. The molecule has 1 amide bonds. The van der Waals surface area contributed by atoms with E-state index in [4.69, 9.17) is 4.74 Å². The molecule has 2 aromatic rings. The summed E-state index contributed by atoms with van der Waals surface area (Å²) in [7, 11) is 0. The number of nitrogens with one attached hydrogen (secondary N) is 1. The number of hydrogen-bond donors (Lipinski definition) is 1. The molecule has 2 rings (SSSR count). The molecule has 1 atom stereocenters. The quantitative estimate of drug-likeness (QED) is 0.573. The van der Waals surface area contributed by atoms with Crippen molar-refractivity contribution < 1.29 is 14.3 Å². The lowest BCUT2D eigenvalue weighted by atomic mass is 10.1. The molecule has 25 heavy (non-hydrogen) atoms. The fraction of sp³-hybridized carbons (Fsp3) is 0.300. The minimum atomic E-state index is -0.371. The van der Waals surface area contributed by atoms with Gasteiger partial charge in [-0.2, -0.15) is 0 Å². The lowest BCUT2D eigenvalue weighted by molar-refractivity contribution is -0.147. The van der Waals surface area contributed by atoms with Crippen LogP contribution < -0.4 is 5.32 Å². The number of amides is 1. The Hall–Kier alpha value is -2.27. The van der Waals surface area contributed by atoms with Crippen molar-refractivity contribution in [2.75, 3.05) is 6.54 Å². The van der Waals surface area contributed by atoms with Crippen molar-refractivity contribution in [2.45, 2.75) is 36.5 Å². The van der Waals surface area contributed by atoms with Crippen LogP contribution in [-0.2, 0) is 14.3 Å². The molecule has 1 N–H and O–H groups in total. The standard InChI is InChI=1S/C20H23NO3S/c1-15(2)24-18(22)13-14-21-20(23)19(16-9-5-3-6-10-16)25-17-11-7-4-8-12-17/h3-12,15,19H,13-14H2,1-2H3,(H,21,23). The van der Waals surface area contributed by atoms with E-state index >= 15 is 0 Å². The Bertz CT molecular complexity index is 674. The maximum atomic E-state index is 12.7. The average molecular weight is 357 g/mol. The molecule has 1 unspecified atom stereocenters. The number of benzene rings is 2. The van der Waals surface area contributed by atoms with Gasteiger partial charge in [0.2, 0.25) is 5.91 Å². The van der Waals surface area contributed by atoms with Gasteiger partial charge in [-0.25, -0.2) is 0 Å². The summed E-state index contributed by atoms with van der Waals surface area (Å²) < 4.78 is 5.08. The Labute approximate surface area is 153 Å². The van der Waals surface area contributed by atoms with Crippen LogP contribution in [0.5, 0.6) is 0 Å². The van der Waals surface area contributed by atoms with E-state index in [1.807, 2.05) is 60.7 Å². The molecular formula is C20H23NO3S. The van der Waals surface area contributed by atoms with Crippen LogP contribution in [0.3, 0.4) is 0 Å². The van der Waals surface area contributed by atoms with Crippen LogP contribution in [0.2, 0.25) is 0 Å². The molecule has 0 aliphatic heterocycles. The molecule has 0 aromatic heterocycles. The number of hydrogen-bond acceptors (Lipinski definition) is 4. The Balaban J connectivity index is 2.00. The van der Waals surface area contributed by atoms with Gasteiger partial charge in [-0.15, -0.1) is 11.8 Å². The molecule has 0 saturated carbocycles. The van der Waals surface area contributed by atoms with Crippen LogP contribution in [0.15, 0.2) is 65.6 Å². The molecule has 0 saturated heterocycles. The van der Waals surface area contributed by atoms with Crippen molar-refractivity contribution >= 4 is 23.6 Å². The Morgan fingerprint density at radius 2 is 1.60 bits per heavy atom. The van der Waals surface area contributed by atoms with E-state index in [9.17, 15) is 9.59 Å². The molecule has 5 heteroatoms. The summed E-state index contributed by atoms with van der Waals surface area (Å²) in [6.45, 7) is 3.87. The first-order valence-corrected chi connectivity index (χ1v) is 9.18. The van der Waals surface area contributed by atoms with E-state index in [0.717, 1.165) is 10.5 Å². The maximum Gasteiger partial charge on any atom is 0.307 e. The summed E-state index contributed by atoms with van der Waals surface area (Å²) in [4.78, 5) is 25.3. The number of thioether (sulfide) groups is 1. The highest BCUT2D eigenvalue weighted by Crippen LogP contribution is 2.35. The summed E-state index contributed by atoms with van der Waals surface area (Å²) >= 11 is 1.49. The molecule has 0 spiro atoms. The molecule has 4 nitrogen and oxygen atoms in total. The van der Waals surface area contributed by atoms with Gasteiger partial charge in [0.15, 0.2) is 0 Å². The third-order valence-corrected chi connectivity index (χ3v) is 4.60. The lowest BCUT2D eigenvalue weighted by Crippen LogP contribution is -2.30. The maximum absolute atomic E-state index is 12.7. The first-order valence-electron chi connectivity index (χ1n) is 8.30. The number of rotatable bonds is 8. The minimum Gasteiger partial charge on any atom is -0.463 e. The zero-order chi connectivity index (χ0) is 18.1. The summed E-state index contributed by atoms with van der Waals surface area (Å²) in [5.74, 6) is -0.417. The van der Waals surface area contributed by atoms with Crippen LogP contribution in [0.1, 0.15) is 31.1 Å². The zero-order valence-corrected chi connectivity index (χ0v) is 15.3. The smallest absolute Gasteiger partial charge is 0.307 e.